The van der Waals surface area contributed by atoms with E-state index in [0.717, 1.165) is 11.3 Å². The lowest BCUT2D eigenvalue weighted by atomic mass is 10.2. The molecule has 0 unspecified atom stereocenters. The van der Waals surface area contributed by atoms with Gasteiger partial charge in [0, 0.05) is 24.7 Å². The Hall–Kier alpha value is -3.75. The number of fused-ring (bicyclic) bond motifs is 1. The van der Waals surface area contributed by atoms with Crippen LogP contribution in [0.3, 0.4) is 0 Å². The molecule has 29 heavy (non-hydrogen) atoms. The fraction of sp³-hybridized carbons (Fsp3) is 0.200. The van der Waals surface area contributed by atoms with Crippen molar-refractivity contribution in [1.29, 1.82) is 0 Å². The first-order chi connectivity index (χ1) is 14.1. The first-order valence-corrected chi connectivity index (χ1v) is 8.72. The van der Waals surface area contributed by atoms with Crippen molar-refractivity contribution in [3.8, 4) is 11.5 Å². The minimum atomic E-state index is -1.23. The van der Waals surface area contributed by atoms with Crippen LogP contribution in [0, 0.1) is 0 Å². The van der Waals surface area contributed by atoms with E-state index in [2.05, 4.69) is 15.6 Å². The lowest BCUT2D eigenvalue weighted by Crippen LogP contribution is -2.25. The number of hydrogen-bond acceptors (Lipinski definition) is 6. The van der Waals surface area contributed by atoms with Crippen LogP contribution in [0.2, 0.25) is 0 Å². The molecule has 3 N–H and O–H groups in total. The van der Waals surface area contributed by atoms with Gasteiger partial charge in [-0.15, -0.1) is 0 Å². The van der Waals surface area contributed by atoms with Gasteiger partial charge in [0.05, 0.1) is 13.4 Å². The number of hydrogen-bond donors (Lipinski definition) is 3. The van der Waals surface area contributed by atoms with Crippen LogP contribution < -0.4 is 20.1 Å². The normalized spacial score (nSPS) is 11.3. The maximum absolute atomic E-state index is 12.8. The van der Waals surface area contributed by atoms with Crippen molar-refractivity contribution in [3.63, 3.8) is 0 Å². The Morgan fingerprint density at radius 1 is 1.24 bits per heavy atom. The second-order valence-electron chi connectivity index (χ2n) is 6.06. The third-order valence-electron chi connectivity index (χ3n) is 4.01. The van der Waals surface area contributed by atoms with E-state index >= 15 is 0 Å². The first-order valence-electron chi connectivity index (χ1n) is 8.72. The Balaban J connectivity index is 1.59. The number of rotatable bonds is 9. The van der Waals surface area contributed by atoms with Crippen LogP contribution in [0.5, 0.6) is 11.5 Å². The van der Waals surface area contributed by atoms with Crippen molar-refractivity contribution in [2.75, 3.05) is 25.6 Å². The average Bonchev–Trinajstić information content (AvgIpc) is 3.14. The van der Waals surface area contributed by atoms with Gasteiger partial charge in [0.25, 0.3) is 6.01 Å². The van der Waals surface area contributed by atoms with Crippen LogP contribution >= 0.6 is 0 Å². The number of halogens is 1. The summed E-state index contributed by atoms with van der Waals surface area (Å²) >= 11 is 0. The third-order valence-corrected chi connectivity index (χ3v) is 4.01. The van der Waals surface area contributed by atoms with Gasteiger partial charge in [-0.25, -0.2) is 9.18 Å². The van der Waals surface area contributed by atoms with Crippen molar-refractivity contribution in [1.82, 2.24) is 10.3 Å². The number of nitrogens with zero attached hydrogens (tertiary/aromatic N) is 1. The Labute approximate surface area is 165 Å². The van der Waals surface area contributed by atoms with E-state index in [0.29, 0.717) is 35.7 Å². The number of oxazole rings is 1. The Morgan fingerprint density at radius 2 is 2.00 bits per heavy atom. The van der Waals surface area contributed by atoms with Gasteiger partial charge in [-0.2, -0.15) is 4.98 Å². The topological polar surface area (TPSA) is 106 Å². The number of nitrogens with one attached hydrogen (secondary N) is 2. The van der Waals surface area contributed by atoms with Crippen LogP contribution in [-0.4, -0.2) is 36.4 Å². The van der Waals surface area contributed by atoms with Gasteiger partial charge in [0.15, 0.2) is 5.58 Å². The second-order valence-corrected chi connectivity index (χ2v) is 6.06. The maximum atomic E-state index is 12.8. The van der Waals surface area contributed by atoms with Crippen molar-refractivity contribution in [2.45, 2.75) is 6.54 Å². The van der Waals surface area contributed by atoms with Gasteiger partial charge in [-0.3, -0.25) is 0 Å². The standard InChI is InChI=1S/C20H20FN3O5/c1-27-15-4-2-13(3-5-15)10-22-19-24-17-7-6-16(8-18(17)29-19)28-12-14(9-21)11-23-20(25)26/h2-9,23H,10-12H2,1H3,(H,22,24)(H,25,26). The predicted molar refractivity (Wildman–Crippen MR) is 105 cm³/mol. The Kier molecular flexibility index (Phi) is 6.51. The summed E-state index contributed by atoms with van der Waals surface area (Å²) in [6.07, 6.45) is -0.911. The van der Waals surface area contributed by atoms with E-state index in [1.54, 1.807) is 25.3 Å². The minimum absolute atomic E-state index is 0.0982. The molecule has 2 aromatic carbocycles. The molecule has 3 aromatic rings. The van der Waals surface area contributed by atoms with E-state index in [1.807, 2.05) is 24.3 Å². The van der Waals surface area contributed by atoms with Gasteiger partial charge in [0.1, 0.15) is 23.6 Å². The number of methoxy groups -OCH3 is 1. The van der Waals surface area contributed by atoms with Crippen molar-refractivity contribution in [3.05, 3.63) is 59.9 Å². The number of amides is 1. The molecule has 1 heterocycles. The second kappa shape index (κ2) is 9.45. The number of aromatic nitrogens is 1. The fourth-order valence-corrected chi connectivity index (χ4v) is 2.48. The van der Waals surface area contributed by atoms with Crippen molar-refractivity contribution < 1.29 is 28.2 Å². The first kappa shape index (κ1) is 20.0. The summed E-state index contributed by atoms with van der Waals surface area (Å²) in [6.45, 7) is 0.274. The number of carbonyl (C=O) groups is 1. The zero-order valence-electron chi connectivity index (χ0n) is 15.6. The highest BCUT2D eigenvalue weighted by Gasteiger charge is 2.08. The molecule has 1 aromatic heterocycles. The van der Waals surface area contributed by atoms with E-state index < -0.39 is 6.09 Å². The molecule has 8 nitrogen and oxygen atoms in total. The predicted octanol–water partition coefficient (Wildman–Crippen LogP) is 3.95. The molecule has 0 aliphatic carbocycles. The summed E-state index contributed by atoms with van der Waals surface area (Å²) < 4.78 is 29.1. The molecule has 0 aliphatic heterocycles. The molecule has 3 rings (SSSR count). The fourth-order valence-electron chi connectivity index (χ4n) is 2.48. The molecule has 0 saturated heterocycles. The number of ether oxygens (including phenoxy) is 2. The highest BCUT2D eigenvalue weighted by Crippen LogP contribution is 2.24. The molecule has 0 fully saturated rings. The number of carboxylic acid groups (broad SMARTS) is 1. The van der Waals surface area contributed by atoms with Crippen LogP contribution in [0.4, 0.5) is 15.2 Å². The number of anilines is 1. The van der Waals surface area contributed by atoms with Crippen molar-refractivity contribution >= 4 is 23.2 Å². The van der Waals surface area contributed by atoms with Crippen LogP contribution in [-0.2, 0) is 6.54 Å². The number of benzene rings is 2. The molecule has 9 heteroatoms. The van der Waals surface area contributed by atoms with E-state index in [9.17, 15) is 9.18 Å². The minimum Gasteiger partial charge on any atom is -0.497 e. The summed E-state index contributed by atoms with van der Waals surface area (Å²) in [5.74, 6) is 1.23. The molecular formula is C20H20FN3O5. The maximum Gasteiger partial charge on any atom is 0.404 e. The summed E-state index contributed by atoms with van der Waals surface area (Å²) in [6, 6.07) is 13.0. The van der Waals surface area contributed by atoms with E-state index in [4.69, 9.17) is 19.0 Å². The lowest BCUT2D eigenvalue weighted by molar-refractivity contribution is 0.195. The Morgan fingerprint density at radius 3 is 2.69 bits per heavy atom. The van der Waals surface area contributed by atoms with E-state index in [-0.39, 0.29) is 18.7 Å². The molecule has 0 saturated carbocycles. The zero-order chi connectivity index (χ0) is 20.6. The van der Waals surface area contributed by atoms with E-state index in [1.165, 1.54) is 0 Å². The summed E-state index contributed by atoms with van der Waals surface area (Å²) in [5.41, 5.74) is 2.35. The zero-order valence-corrected chi connectivity index (χ0v) is 15.6. The van der Waals surface area contributed by atoms with Gasteiger partial charge >= 0.3 is 6.09 Å². The van der Waals surface area contributed by atoms with Crippen LogP contribution in [0.15, 0.2) is 58.8 Å². The summed E-state index contributed by atoms with van der Waals surface area (Å²) in [7, 11) is 1.62. The Bertz CT molecular complexity index is 1000. The molecular weight excluding hydrogens is 381 g/mol. The quantitative estimate of drug-likeness (QED) is 0.498. The highest BCUT2D eigenvalue weighted by molar-refractivity contribution is 5.76. The monoisotopic (exact) mass is 401 g/mol. The van der Waals surface area contributed by atoms with Gasteiger partial charge in [0.2, 0.25) is 0 Å². The molecule has 0 aliphatic rings. The largest absolute Gasteiger partial charge is 0.497 e. The van der Waals surface area contributed by atoms with Gasteiger partial charge in [-0.1, -0.05) is 12.1 Å². The van der Waals surface area contributed by atoms with Gasteiger partial charge in [-0.05, 0) is 29.8 Å². The SMILES string of the molecule is COc1ccc(CNc2nc3ccc(OCC(=CF)CNC(=O)O)cc3o2)cc1. The van der Waals surface area contributed by atoms with Crippen LogP contribution in [0.1, 0.15) is 5.56 Å². The highest BCUT2D eigenvalue weighted by atomic mass is 19.1. The smallest absolute Gasteiger partial charge is 0.404 e. The third kappa shape index (κ3) is 5.61. The molecule has 152 valence electrons. The summed E-state index contributed by atoms with van der Waals surface area (Å²) in [5, 5.41) is 13.8. The molecule has 1 amide bonds. The molecule has 0 radical (unpaired) electrons. The summed E-state index contributed by atoms with van der Waals surface area (Å²) in [4.78, 5) is 14.8. The lowest BCUT2D eigenvalue weighted by Gasteiger charge is -2.08. The van der Waals surface area contributed by atoms with Crippen molar-refractivity contribution in [2.24, 2.45) is 0 Å². The molecule has 0 spiro atoms. The molecule has 0 atom stereocenters. The van der Waals surface area contributed by atoms with Crippen LogP contribution in [0.25, 0.3) is 11.1 Å². The molecule has 0 bridgehead atoms. The average molecular weight is 401 g/mol. The van der Waals surface area contributed by atoms with Gasteiger partial charge < -0.3 is 29.6 Å².